The maximum atomic E-state index is 11.7. The molecule has 0 saturated carbocycles. The molecule has 1 aromatic carbocycles. The molecule has 0 saturated heterocycles. The van der Waals surface area contributed by atoms with Crippen LogP contribution in [0.5, 0.6) is 0 Å². The van der Waals surface area contributed by atoms with Gasteiger partial charge in [-0.05, 0) is 29.8 Å². The Kier molecular flexibility index (Phi) is 4.94. The standard InChI is InChI=1S/C14H14N4O3/c19-14(10-16-9-11-5-7-15-8-6-11)17-12-1-3-13(4-2-12)18(20)21/h1-8,16H,9-10H2,(H,17,19). The minimum Gasteiger partial charge on any atom is -0.325 e. The van der Waals surface area contributed by atoms with Gasteiger partial charge in [0, 0.05) is 36.8 Å². The highest BCUT2D eigenvalue weighted by atomic mass is 16.6. The van der Waals surface area contributed by atoms with Gasteiger partial charge in [-0.1, -0.05) is 0 Å². The molecule has 2 aromatic rings. The molecule has 1 aromatic heterocycles. The van der Waals surface area contributed by atoms with Gasteiger partial charge in [0.05, 0.1) is 11.5 Å². The second-order valence-corrected chi connectivity index (χ2v) is 4.31. The number of rotatable bonds is 6. The molecule has 7 heteroatoms. The van der Waals surface area contributed by atoms with E-state index >= 15 is 0 Å². The lowest BCUT2D eigenvalue weighted by atomic mass is 10.2. The van der Waals surface area contributed by atoms with Crippen molar-refractivity contribution in [3.05, 3.63) is 64.5 Å². The zero-order chi connectivity index (χ0) is 15.1. The molecule has 108 valence electrons. The quantitative estimate of drug-likeness (QED) is 0.622. The Labute approximate surface area is 121 Å². The van der Waals surface area contributed by atoms with E-state index in [4.69, 9.17) is 0 Å². The van der Waals surface area contributed by atoms with Crippen LogP contribution in [0.1, 0.15) is 5.56 Å². The van der Waals surface area contributed by atoms with E-state index in [1.165, 1.54) is 24.3 Å². The first kappa shape index (κ1) is 14.6. The number of amides is 1. The van der Waals surface area contributed by atoms with Crippen LogP contribution in [0.3, 0.4) is 0 Å². The monoisotopic (exact) mass is 286 g/mol. The molecule has 1 heterocycles. The molecule has 1 amide bonds. The van der Waals surface area contributed by atoms with Gasteiger partial charge in [0.2, 0.25) is 5.91 Å². The highest BCUT2D eigenvalue weighted by molar-refractivity contribution is 5.92. The zero-order valence-corrected chi connectivity index (χ0v) is 11.2. The first-order valence-electron chi connectivity index (χ1n) is 6.29. The van der Waals surface area contributed by atoms with E-state index in [-0.39, 0.29) is 18.1 Å². The lowest BCUT2D eigenvalue weighted by Gasteiger charge is -2.06. The number of nitrogens with zero attached hydrogens (tertiary/aromatic N) is 2. The van der Waals surface area contributed by atoms with Gasteiger partial charge in [0.1, 0.15) is 0 Å². The molecular formula is C14H14N4O3. The molecule has 0 aliphatic rings. The molecule has 0 aliphatic heterocycles. The van der Waals surface area contributed by atoms with Gasteiger partial charge in [-0.25, -0.2) is 0 Å². The van der Waals surface area contributed by atoms with Crippen molar-refractivity contribution in [3.8, 4) is 0 Å². The van der Waals surface area contributed by atoms with Crippen LogP contribution in [0, 0.1) is 10.1 Å². The van der Waals surface area contributed by atoms with Crippen molar-refractivity contribution in [1.82, 2.24) is 10.3 Å². The number of hydrogen-bond acceptors (Lipinski definition) is 5. The number of non-ortho nitro benzene ring substituents is 1. The van der Waals surface area contributed by atoms with E-state index in [1.807, 2.05) is 12.1 Å². The maximum absolute atomic E-state index is 11.7. The molecule has 0 spiro atoms. The molecule has 0 unspecified atom stereocenters. The Bertz CT molecular complexity index is 614. The number of nitro benzene ring substituents is 1. The van der Waals surface area contributed by atoms with Gasteiger partial charge in [-0.2, -0.15) is 0 Å². The van der Waals surface area contributed by atoms with Crippen LogP contribution in [-0.4, -0.2) is 22.4 Å². The second kappa shape index (κ2) is 7.11. The summed E-state index contributed by atoms with van der Waals surface area (Å²) in [4.78, 5) is 25.6. The second-order valence-electron chi connectivity index (χ2n) is 4.31. The van der Waals surface area contributed by atoms with E-state index in [0.717, 1.165) is 5.56 Å². The summed E-state index contributed by atoms with van der Waals surface area (Å²) in [5.74, 6) is -0.210. The first-order valence-corrected chi connectivity index (χ1v) is 6.29. The van der Waals surface area contributed by atoms with Crippen LogP contribution in [0.2, 0.25) is 0 Å². The number of carbonyl (C=O) groups excluding carboxylic acids is 1. The zero-order valence-electron chi connectivity index (χ0n) is 11.2. The SMILES string of the molecule is O=C(CNCc1ccncc1)Nc1ccc([N+](=O)[O-])cc1. The third kappa shape index (κ3) is 4.66. The average molecular weight is 286 g/mol. The molecule has 0 bridgehead atoms. The maximum Gasteiger partial charge on any atom is 0.269 e. The fourth-order valence-electron chi connectivity index (χ4n) is 1.69. The lowest BCUT2D eigenvalue weighted by molar-refractivity contribution is -0.384. The Hall–Kier alpha value is -2.80. The summed E-state index contributed by atoms with van der Waals surface area (Å²) in [5, 5.41) is 16.2. The van der Waals surface area contributed by atoms with Crippen LogP contribution < -0.4 is 10.6 Å². The third-order valence-electron chi connectivity index (χ3n) is 2.73. The molecule has 2 rings (SSSR count). The van der Waals surface area contributed by atoms with Crippen molar-refractivity contribution in [2.45, 2.75) is 6.54 Å². The molecule has 0 fully saturated rings. The smallest absolute Gasteiger partial charge is 0.269 e. The van der Waals surface area contributed by atoms with Crippen molar-refractivity contribution in [1.29, 1.82) is 0 Å². The minimum atomic E-state index is -0.484. The number of benzene rings is 1. The molecule has 7 nitrogen and oxygen atoms in total. The van der Waals surface area contributed by atoms with Crippen molar-refractivity contribution in [2.75, 3.05) is 11.9 Å². The number of nitrogens with one attached hydrogen (secondary N) is 2. The van der Waals surface area contributed by atoms with Crippen LogP contribution in [0.25, 0.3) is 0 Å². The van der Waals surface area contributed by atoms with Crippen LogP contribution in [0.15, 0.2) is 48.8 Å². The normalized spacial score (nSPS) is 10.1. The van der Waals surface area contributed by atoms with Gasteiger partial charge >= 0.3 is 0 Å². The summed E-state index contributed by atoms with van der Waals surface area (Å²) < 4.78 is 0. The van der Waals surface area contributed by atoms with Gasteiger partial charge in [0.25, 0.3) is 5.69 Å². The van der Waals surface area contributed by atoms with E-state index in [0.29, 0.717) is 12.2 Å². The summed E-state index contributed by atoms with van der Waals surface area (Å²) >= 11 is 0. The Balaban J connectivity index is 1.78. The number of carbonyl (C=O) groups is 1. The van der Waals surface area contributed by atoms with Crippen LogP contribution in [-0.2, 0) is 11.3 Å². The van der Waals surface area contributed by atoms with Crippen molar-refractivity contribution in [2.24, 2.45) is 0 Å². The van der Waals surface area contributed by atoms with Gasteiger partial charge in [-0.3, -0.25) is 19.9 Å². The van der Waals surface area contributed by atoms with E-state index < -0.39 is 4.92 Å². The van der Waals surface area contributed by atoms with Crippen molar-refractivity contribution in [3.63, 3.8) is 0 Å². The fourth-order valence-corrected chi connectivity index (χ4v) is 1.69. The lowest BCUT2D eigenvalue weighted by Crippen LogP contribution is -2.27. The third-order valence-corrected chi connectivity index (χ3v) is 2.73. The van der Waals surface area contributed by atoms with Crippen LogP contribution in [0.4, 0.5) is 11.4 Å². The minimum absolute atomic E-state index is 0.0104. The Morgan fingerprint density at radius 1 is 1.14 bits per heavy atom. The topological polar surface area (TPSA) is 97.2 Å². The Morgan fingerprint density at radius 2 is 1.81 bits per heavy atom. The number of aromatic nitrogens is 1. The predicted octanol–water partition coefficient (Wildman–Crippen LogP) is 1.72. The summed E-state index contributed by atoms with van der Waals surface area (Å²) in [6.45, 7) is 0.718. The summed E-state index contributed by atoms with van der Waals surface area (Å²) in [6.07, 6.45) is 3.38. The van der Waals surface area contributed by atoms with E-state index in [1.54, 1.807) is 12.4 Å². The highest BCUT2D eigenvalue weighted by Crippen LogP contribution is 2.15. The summed E-state index contributed by atoms with van der Waals surface area (Å²) in [6, 6.07) is 9.42. The Morgan fingerprint density at radius 3 is 2.43 bits per heavy atom. The number of anilines is 1. The molecule has 0 atom stereocenters. The molecule has 2 N–H and O–H groups in total. The first-order chi connectivity index (χ1) is 10.1. The molecule has 21 heavy (non-hydrogen) atoms. The number of hydrogen-bond donors (Lipinski definition) is 2. The van der Waals surface area contributed by atoms with Crippen molar-refractivity contribution < 1.29 is 9.72 Å². The highest BCUT2D eigenvalue weighted by Gasteiger charge is 2.06. The van der Waals surface area contributed by atoms with Crippen LogP contribution >= 0.6 is 0 Å². The molecular weight excluding hydrogens is 272 g/mol. The largest absolute Gasteiger partial charge is 0.325 e. The average Bonchev–Trinajstić information content (AvgIpc) is 2.49. The van der Waals surface area contributed by atoms with E-state index in [9.17, 15) is 14.9 Å². The van der Waals surface area contributed by atoms with Gasteiger partial charge in [-0.15, -0.1) is 0 Å². The predicted molar refractivity (Wildman–Crippen MR) is 77.7 cm³/mol. The molecule has 0 aliphatic carbocycles. The van der Waals surface area contributed by atoms with E-state index in [2.05, 4.69) is 15.6 Å². The fraction of sp³-hybridized carbons (Fsp3) is 0.143. The number of nitro groups is 1. The summed E-state index contributed by atoms with van der Waals surface area (Å²) in [7, 11) is 0. The van der Waals surface area contributed by atoms with Gasteiger partial charge in [0.15, 0.2) is 0 Å². The van der Waals surface area contributed by atoms with Crippen molar-refractivity contribution >= 4 is 17.3 Å². The van der Waals surface area contributed by atoms with Gasteiger partial charge < -0.3 is 10.6 Å². The number of pyridine rings is 1. The summed E-state index contributed by atoms with van der Waals surface area (Å²) in [5.41, 5.74) is 1.55. The molecule has 0 radical (unpaired) electrons.